The molecule has 30 heavy (non-hydrogen) atoms. The molecule has 0 aliphatic carbocycles. The van der Waals surface area contributed by atoms with E-state index in [9.17, 15) is 18.0 Å². The van der Waals surface area contributed by atoms with Crippen molar-refractivity contribution in [3.63, 3.8) is 0 Å². The Bertz CT molecular complexity index is 1010. The zero-order valence-corrected chi connectivity index (χ0v) is 17.1. The first-order chi connectivity index (χ1) is 14.3. The SMILES string of the molecule is COc1ccc(OC)c(-c2csc(N(CCc3ccccc3)C(=O)C(F)(F)F)n2)c1. The summed E-state index contributed by atoms with van der Waals surface area (Å²) in [6.45, 7) is -0.148. The summed E-state index contributed by atoms with van der Waals surface area (Å²) in [4.78, 5) is 17.1. The van der Waals surface area contributed by atoms with Crippen molar-refractivity contribution in [3.05, 3.63) is 59.5 Å². The van der Waals surface area contributed by atoms with Gasteiger partial charge >= 0.3 is 12.1 Å². The molecule has 0 spiro atoms. The molecule has 0 saturated carbocycles. The summed E-state index contributed by atoms with van der Waals surface area (Å²) in [6, 6.07) is 14.1. The van der Waals surface area contributed by atoms with Gasteiger partial charge in [-0.2, -0.15) is 13.2 Å². The van der Waals surface area contributed by atoms with Crippen molar-refractivity contribution < 1.29 is 27.4 Å². The fourth-order valence-electron chi connectivity index (χ4n) is 2.85. The lowest BCUT2D eigenvalue weighted by molar-refractivity contribution is -0.170. The number of thiazole rings is 1. The van der Waals surface area contributed by atoms with Gasteiger partial charge in [0.2, 0.25) is 0 Å². The average molecular weight is 436 g/mol. The van der Waals surface area contributed by atoms with Crippen LogP contribution < -0.4 is 14.4 Å². The van der Waals surface area contributed by atoms with E-state index in [0.29, 0.717) is 27.7 Å². The van der Waals surface area contributed by atoms with Crippen LogP contribution in [0.2, 0.25) is 0 Å². The maximum absolute atomic E-state index is 13.2. The van der Waals surface area contributed by atoms with Crippen molar-refractivity contribution in [2.45, 2.75) is 12.6 Å². The highest BCUT2D eigenvalue weighted by Gasteiger charge is 2.43. The van der Waals surface area contributed by atoms with Gasteiger partial charge in [-0.25, -0.2) is 4.98 Å². The zero-order valence-electron chi connectivity index (χ0n) is 16.3. The molecule has 9 heteroatoms. The molecule has 0 N–H and O–H groups in total. The molecule has 0 saturated heterocycles. The van der Waals surface area contributed by atoms with E-state index in [-0.39, 0.29) is 18.1 Å². The molecule has 3 rings (SSSR count). The minimum Gasteiger partial charge on any atom is -0.497 e. The summed E-state index contributed by atoms with van der Waals surface area (Å²) in [5.74, 6) is -0.907. The molecule has 1 amide bonds. The second kappa shape index (κ2) is 9.17. The number of ether oxygens (including phenoxy) is 2. The summed E-state index contributed by atoms with van der Waals surface area (Å²) in [5, 5.41) is 1.55. The van der Waals surface area contributed by atoms with Gasteiger partial charge in [0.05, 0.1) is 19.9 Å². The first-order valence-corrected chi connectivity index (χ1v) is 9.82. The lowest BCUT2D eigenvalue weighted by Gasteiger charge is -2.21. The molecule has 0 bridgehead atoms. The maximum Gasteiger partial charge on any atom is 0.471 e. The van der Waals surface area contributed by atoms with E-state index < -0.39 is 12.1 Å². The van der Waals surface area contributed by atoms with Crippen LogP contribution in [0.15, 0.2) is 53.9 Å². The van der Waals surface area contributed by atoms with Crippen molar-refractivity contribution in [2.75, 3.05) is 25.7 Å². The van der Waals surface area contributed by atoms with Crippen LogP contribution in [0, 0.1) is 0 Å². The average Bonchev–Trinajstić information content (AvgIpc) is 3.23. The van der Waals surface area contributed by atoms with E-state index in [4.69, 9.17) is 9.47 Å². The Morgan fingerprint density at radius 1 is 1.10 bits per heavy atom. The van der Waals surface area contributed by atoms with Crippen molar-refractivity contribution in [1.82, 2.24) is 4.98 Å². The molecule has 0 fully saturated rings. The van der Waals surface area contributed by atoms with Crippen molar-refractivity contribution in [3.8, 4) is 22.8 Å². The molecule has 0 unspecified atom stereocenters. The number of amides is 1. The highest BCUT2D eigenvalue weighted by molar-refractivity contribution is 7.14. The number of benzene rings is 2. The Balaban J connectivity index is 1.93. The van der Waals surface area contributed by atoms with E-state index in [2.05, 4.69) is 4.98 Å². The molecule has 0 aliphatic rings. The highest BCUT2D eigenvalue weighted by Crippen LogP contribution is 2.36. The van der Waals surface area contributed by atoms with Gasteiger partial charge in [-0.05, 0) is 30.2 Å². The second-order valence-electron chi connectivity index (χ2n) is 6.27. The Labute approximate surface area is 175 Å². The number of carbonyl (C=O) groups excluding carboxylic acids is 1. The predicted molar refractivity (Wildman–Crippen MR) is 109 cm³/mol. The molecule has 1 heterocycles. The molecule has 3 aromatic rings. The van der Waals surface area contributed by atoms with E-state index in [1.165, 1.54) is 14.2 Å². The van der Waals surface area contributed by atoms with Gasteiger partial charge < -0.3 is 9.47 Å². The van der Waals surface area contributed by atoms with Gasteiger partial charge in [0.15, 0.2) is 5.13 Å². The van der Waals surface area contributed by atoms with Crippen LogP contribution in [0.3, 0.4) is 0 Å². The van der Waals surface area contributed by atoms with E-state index in [1.54, 1.807) is 47.8 Å². The molecular weight excluding hydrogens is 417 g/mol. The van der Waals surface area contributed by atoms with Crippen LogP contribution in [-0.2, 0) is 11.2 Å². The third-order valence-corrected chi connectivity index (χ3v) is 5.22. The largest absolute Gasteiger partial charge is 0.497 e. The third kappa shape index (κ3) is 4.91. The fraction of sp³-hybridized carbons (Fsp3) is 0.238. The smallest absolute Gasteiger partial charge is 0.471 e. The number of carbonyl (C=O) groups is 1. The van der Waals surface area contributed by atoms with Gasteiger partial charge in [0, 0.05) is 17.5 Å². The molecule has 0 aliphatic heterocycles. The van der Waals surface area contributed by atoms with Gasteiger partial charge in [-0.1, -0.05) is 30.3 Å². The number of methoxy groups -OCH3 is 2. The molecule has 0 atom stereocenters. The third-order valence-electron chi connectivity index (χ3n) is 4.36. The van der Waals surface area contributed by atoms with Crippen LogP contribution in [0.5, 0.6) is 11.5 Å². The number of anilines is 1. The van der Waals surface area contributed by atoms with Crippen LogP contribution in [0.4, 0.5) is 18.3 Å². The zero-order chi connectivity index (χ0) is 21.7. The van der Waals surface area contributed by atoms with Crippen LogP contribution in [0.1, 0.15) is 5.56 Å². The Kier molecular flexibility index (Phi) is 6.61. The van der Waals surface area contributed by atoms with E-state index in [0.717, 1.165) is 16.9 Å². The molecule has 0 radical (unpaired) electrons. The van der Waals surface area contributed by atoms with Gasteiger partial charge in [0.1, 0.15) is 11.5 Å². The maximum atomic E-state index is 13.2. The number of aromatic nitrogens is 1. The van der Waals surface area contributed by atoms with Crippen LogP contribution >= 0.6 is 11.3 Å². The number of halogens is 3. The van der Waals surface area contributed by atoms with Gasteiger partial charge in [-0.3, -0.25) is 9.69 Å². The first kappa shape index (κ1) is 21.6. The fourth-order valence-corrected chi connectivity index (χ4v) is 3.70. The Hall–Kier alpha value is -3.07. The molecule has 5 nitrogen and oxygen atoms in total. The number of hydrogen-bond donors (Lipinski definition) is 0. The summed E-state index contributed by atoms with van der Waals surface area (Å²) < 4.78 is 50.2. The van der Waals surface area contributed by atoms with Crippen LogP contribution in [0.25, 0.3) is 11.3 Å². The van der Waals surface area contributed by atoms with Crippen molar-refractivity contribution in [2.24, 2.45) is 0 Å². The Morgan fingerprint density at radius 2 is 1.83 bits per heavy atom. The minimum absolute atomic E-state index is 0.0341. The monoisotopic (exact) mass is 436 g/mol. The topological polar surface area (TPSA) is 51.7 Å². The number of nitrogens with zero attached hydrogens (tertiary/aromatic N) is 2. The lowest BCUT2D eigenvalue weighted by Crippen LogP contribution is -2.42. The second-order valence-corrected chi connectivity index (χ2v) is 7.11. The van der Waals surface area contributed by atoms with Gasteiger partial charge in [0.25, 0.3) is 0 Å². The number of alkyl halides is 3. The molecule has 1 aromatic heterocycles. The normalized spacial score (nSPS) is 11.2. The van der Waals surface area contributed by atoms with E-state index in [1.807, 2.05) is 6.07 Å². The first-order valence-electron chi connectivity index (χ1n) is 8.94. The number of rotatable bonds is 7. The summed E-state index contributed by atoms with van der Waals surface area (Å²) in [7, 11) is 2.99. The highest BCUT2D eigenvalue weighted by atomic mass is 32.1. The summed E-state index contributed by atoms with van der Waals surface area (Å²) in [6.07, 6.45) is -4.74. The lowest BCUT2D eigenvalue weighted by atomic mass is 10.1. The molecular formula is C21H19F3N2O3S. The van der Waals surface area contributed by atoms with Crippen molar-refractivity contribution in [1.29, 1.82) is 0 Å². The number of hydrogen-bond acceptors (Lipinski definition) is 5. The predicted octanol–water partition coefficient (Wildman–Crippen LogP) is 4.97. The molecule has 158 valence electrons. The summed E-state index contributed by atoms with van der Waals surface area (Å²) >= 11 is 0.962. The van der Waals surface area contributed by atoms with Crippen LogP contribution in [-0.4, -0.2) is 37.8 Å². The summed E-state index contributed by atoms with van der Waals surface area (Å²) in [5.41, 5.74) is 1.77. The Morgan fingerprint density at radius 3 is 2.47 bits per heavy atom. The van der Waals surface area contributed by atoms with E-state index >= 15 is 0 Å². The molecule has 2 aromatic carbocycles. The minimum atomic E-state index is -5.00. The quantitative estimate of drug-likeness (QED) is 0.525. The standard InChI is InChI=1S/C21H19F3N2O3S/c1-28-15-8-9-18(29-2)16(12-15)17-13-30-20(25-17)26(19(27)21(22,23)24)11-10-14-6-4-3-5-7-14/h3-9,12-13H,10-11H2,1-2H3. The van der Waals surface area contributed by atoms with Crippen molar-refractivity contribution >= 4 is 22.4 Å². The van der Waals surface area contributed by atoms with Gasteiger partial charge in [-0.15, -0.1) is 11.3 Å².